The summed E-state index contributed by atoms with van der Waals surface area (Å²) in [5.41, 5.74) is 4.43. The van der Waals surface area contributed by atoms with E-state index in [0.717, 1.165) is 34.4 Å². The van der Waals surface area contributed by atoms with Crippen molar-refractivity contribution >= 4 is 22.5 Å². The van der Waals surface area contributed by atoms with Crippen molar-refractivity contribution in [3.63, 3.8) is 0 Å². The highest BCUT2D eigenvalue weighted by Gasteiger charge is 2.30. The van der Waals surface area contributed by atoms with Gasteiger partial charge >= 0.3 is 0 Å². The van der Waals surface area contributed by atoms with Gasteiger partial charge in [0.1, 0.15) is 6.04 Å². The Labute approximate surface area is 179 Å². The standard InChI is InChI=1S/C24H23N5O2/c1-15-21-16(2)28(19-10-5-4-6-11-19)26-22(21)24(31)29(25-15)17(3)23(30)27-14-13-18-9-7-8-12-20(18)27/h4-12,17H,13-14H2,1-3H3. The first kappa shape index (κ1) is 19.2. The summed E-state index contributed by atoms with van der Waals surface area (Å²) in [5, 5.41) is 9.85. The van der Waals surface area contributed by atoms with Gasteiger partial charge in [0.15, 0.2) is 5.52 Å². The molecular weight excluding hydrogens is 390 g/mol. The van der Waals surface area contributed by atoms with Gasteiger partial charge in [0.25, 0.3) is 11.5 Å². The van der Waals surface area contributed by atoms with Crippen LogP contribution < -0.4 is 10.5 Å². The van der Waals surface area contributed by atoms with E-state index in [4.69, 9.17) is 0 Å². The molecule has 7 nitrogen and oxygen atoms in total. The van der Waals surface area contributed by atoms with E-state index in [1.165, 1.54) is 4.68 Å². The lowest BCUT2D eigenvalue weighted by Gasteiger charge is -2.22. The van der Waals surface area contributed by atoms with Crippen LogP contribution in [0.25, 0.3) is 16.6 Å². The van der Waals surface area contributed by atoms with Crippen molar-refractivity contribution in [2.24, 2.45) is 0 Å². The second-order valence-corrected chi connectivity index (χ2v) is 7.94. The summed E-state index contributed by atoms with van der Waals surface area (Å²) in [6, 6.07) is 16.8. The summed E-state index contributed by atoms with van der Waals surface area (Å²) in [4.78, 5) is 28.4. The number of aryl methyl sites for hydroxylation is 2. The molecule has 5 rings (SSSR count). The minimum absolute atomic E-state index is 0.141. The number of aromatic nitrogens is 4. The third-order valence-corrected chi connectivity index (χ3v) is 6.02. The summed E-state index contributed by atoms with van der Waals surface area (Å²) < 4.78 is 3.04. The molecule has 0 saturated heterocycles. The van der Waals surface area contributed by atoms with Gasteiger partial charge in [-0.05, 0) is 51.0 Å². The lowest BCUT2D eigenvalue weighted by atomic mass is 10.2. The van der Waals surface area contributed by atoms with Crippen molar-refractivity contribution in [1.29, 1.82) is 0 Å². The summed E-state index contributed by atoms with van der Waals surface area (Å²) in [5.74, 6) is -0.141. The fraction of sp³-hybridized carbons (Fsp3) is 0.250. The molecule has 1 atom stereocenters. The molecule has 1 unspecified atom stereocenters. The molecule has 2 aromatic heterocycles. The Morgan fingerprint density at radius 1 is 1.00 bits per heavy atom. The third-order valence-electron chi connectivity index (χ3n) is 6.02. The van der Waals surface area contributed by atoms with Gasteiger partial charge < -0.3 is 4.90 Å². The van der Waals surface area contributed by atoms with Crippen LogP contribution in [-0.4, -0.2) is 32.0 Å². The third kappa shape index (κ3) is 2.96. The van der Waals surface area contributed by atoms with E-state index in [9.17, 15) is 9.59 Å². The molecule has 0 saturated carbocycles. The van der Waals surface area contributed by atoms with Crippen LogP contribution in [0.15, 0.2) is 59.4 Å². The van der Waals surface area contributed by atoms with E-state index in [2.05, 4.69) is 10.2 Å². The van der Waals surface area contributed by atoms with Gasteiger partial charge in [0.2, 0.25) is 0 Å². The van der Waals surface area contributed by atoms with E-state index in [1.54, 1.807) is 16.5 Å². The quantitative estimate of drug-likeness (QED) is 0.516. The molecule has 7 heteroatoms. The summed E-state index contributed by atoms with van der Waals surface area (Å²) in [6.45, 7) is 6.12. The Morgan fingerprint density at radius 2 is 1.71 bits per heavy atom. The van der Waals surface area contributed by atoms with Gasteiger partial charge in [0, 0.05) is 12.2 Å². The highest BCUT2D eigenvalue weighted by molar-refractivity contribution is 5.98. The number of carbonyl (C=O) groups excluding carboxylic acids is 1. The molecule has 0 N–H and O–H groups in total. The zero-order chi connectivity index (χ0) is 21.7. The zero-order valence-electron chi connectivity index (χ0n) is 17.7. The molecule has 4 aromatic rings. The van der Waals surface area contributed by atoms with Gasteiger partial charge in [-0.1, -0.05) is 36.4 Å². The number of para-hydroxylation sites is 2. The predicted molar refractivity (Wildman–Crippen MR) is 120 cm³/mol. The van der Waals surface area contributed by atoms with Crippen LogP contribution in [0.3, 0.4) is 0 Å². The van der Waals surface area contributed by atoms with Crippen LogP contribution in [0.1, 0.15) is 29.9 Å². The van der Waals surface area contributed by atoms with E-state index in [-0.39, 0.29) is 11.5 Å². The van der Waals surface area contributed by atoms with Gasteiger partial charge in [0.05, 0.1) is 22.5 Å². The Balaban J connectivity index is 1.59. The minimum atomic E-state index is -0.732. The predicted octanol–water partition coefficient (Wildman–Crippen LogP) is 3.35. The average Bonchev–Trinajstić information content (AvgIpc) is 3.38. The number of amides is 1. The van der Waals surface area contributed by atoms with Crippen molar-refractivity contribution in [1.82, 2.24) is 19.6 Å². The molecule has 1 amide bonds. The van der Waals surface area contributed by atoms with Gasteiger partial charge in [-0.2, -0.15) is 10.2 Å². The molecule has 156 valence electrons. The first-order chi connectivity index (χ1) is 15.0. The Kier molecular flexibility index (Phi) is 4.46. The van der Waals surface area contributed by atoms with Crippen LogP contribution in [-0.2, 0) is 11.2 Å². The monoisotopic (exact) mass is 413 g/mol. The zero-order valence-corrected chi connectivity index (χ0v) is 17.7. The fourth-order valence-electron chi connectivity index (χ4n) is 4.43. The molecule has 0 aliphatic carbocycles. The molecular formula is C24H23N5O2. The number of anilines is 1. The molecule has 0 radical (unpaired) electrons. The van der Waals surface area contributed by atoms with Crippen molar-refractivity contribution in [3.8, 4) is 5.69 Å². The summed E-state index contributed by atoms with van der Waals surface area (Å²) >= 11 is 0. The van der Waals surface area contributed by atoms with Crippen molar-refractivity contribution in [3.05, 3.63) is 81.9 Å². The Hall–Kier alpha value is -3.74. The molecule has 0 bridgehead atoms. The number of hydrogen-bond donors (Lipinski definition) is 0. The lowest BCUT2D eigenvalue weighted by Crippen LogP contribution is -2.39. The summed E-state index contributed by atoms with van der Waals surface area (Å²) in [7, 11) is 0. The van der Waals surface area contributed by atoms with Crippen molar-refractivity contribution in [2.45, 2.75) is 33.2 Å². The second-order valence-electron chi connectivity index (χ2n) is 7.94. The second kappa shape index (κ2) is 7.19. The maximum Gasteiger partial charge on any atom is 0.295 e. The molecule has 0 spiro atoms. The smallest absolute Gasteiger partial charge is 0.295 e. The van der Waals surface area contributed by atoms with Crippen LogP contribution >= 0.6 is 0 Å². The van der Waals surface area contributed by atoms with Crippen LogP contribution in [0.5, 0.6) is 0 Å². The highest BCUT2D eigenvalue weighted by atomic mass is 16.2. The van der Waals surface area contributed by atoms with E-state index in [1.807, 2.05) is 68.4 Å². The SMILES string of the molecule is Cc1nn(C(C)C(=O)N2CCc3ccccc32)c(=O)c2nn(-c3ccccc3)c(C)c12. The van der Waals surface area contributed by atoms with E-state index < -0.39 is 6.04 Å². The average molecular weight is 413 g/mol. The Morgan fingerprint density at radius 3 is 2.48 bits per heavy atom. The van der Waals surface area contributed by atoms with Crippen molar-refractivity contribution < 1.29 is 4.79 Å². The molecule has 1 aliphatic heterocycles. The molecule has 31 heavy (non-hydrogen) atoms. The van der Waals surface area contributed by atoms with Crippen LogP contribution in [0.2, 0.25) is 0 Å². The number of benzene rings is 2. The van der Waals surface area contributed by atoms with E-state index in [0.29, 0.717) is 17.8 Å². The Bertz CT molecular complexity index is 1370. The first-order valence-electron chi connectivity index (χ1n) is 10.4. The number of nitrogens with zero attached hydrogens (tertiary/aromatic N) is 5. The number of hydrogen-bond acceptors (Lipinski definition) is 4. The number of rotatable bonds is 3. The topological polar surface area (TPSA) is 73.0 Å². The maximum absolute atomic E-state index is 13.3. The fourth-order valence-corrected chi connectivity index (χ4v) is 4.43. The normalized spacial score (nSPS) is 14.1. The minimum Gasteiger partial charge on any atom is -0.310 e. The largest absolute Gasteiger partial charge is 0.310 e. The van der Waals surface area contributed by atoms with E-state index >= 15 is 0 Å². The number of carbonyl (C=O) groups is 1. The van der Waals surface area contributed by atoms with Gasteiger partial charge in [-0.15, -0.1) is 0 Å². The molecule has 2 aromatic carbocycles. The molecule has 0 fully saturated rings. The van der Waals surface area contributed by atoms with Crippen LogP contribution in [0, 0.1) is 13.8 Å². The lowest BCUT2D eigenvalue weighted by molar-refractivity contribution is -0.121. The van der Waals surface area contributed by atoms with Gasteiger partial charge in [-0.3, -0.25) is 9.59 Å². The molecule has 3 heterocycles. The van der Waals surface area contributed by atoms with Gasteiger partial charge in [-0.25, -0.2) is 9.36 Å². The number of fused-ring (bicyclic) bond motifs is 2. The maximum atomic E-state index is 13.3. The van der Waals surface area contributed by atoms with Crippen molar-refractivity contribution in [2.75, 3.05) is 11.4 Å². The first-order valence-corrected chi connectivity index (χ1v) is 10.4. The van der Waals surface area contributed by atoms with Crippen LogP contribution in [0.4, 0.5) is 5.69 Å². The highest BCUT2D eigenvalue weighted by Crippen LogP contribution is 2.29. The summed E-state index contributed by atoms with van der Waals surface area (Å²) in [6.07, 6.45) is 0.815. The molecule has 1 aliphatic rings.